The standard InChI is InChI=1S/C13H17N5O/c1-16-13(19)10-4-2-3-7-18(10)12-11(15)9(8-14)5-6-17-12/h5-6,10H,2-4,7,15H2,1H3,(H,16,19). The molecule has 1 saturated heterocycles. The number of nitrogens with one attached hydrogen (secondary N) is 1. The van der Waals surface area contributed by atoms with Crippen LogP contribution >= 0.6 is 0 Å². The first-order chi connectivity index (χ1) is 9.19. The molecular weight excluding hydrogens is 242 g/mol. The van der Waals surface area contributed by atoms with Gasteiger partial charge in [-0.1, -0.05) is 0 Å². The van der Waals surface area contributed by atoms with Crippen LogP contribution in [0.15, 0.2) is 12.3 Å². The summed E-state index contributed by atoms with van der Waals surface area (Å²) in [5, 5.41) is 11.7. The van der Waals surface area contributed by atoms with Crippen LogP contribution in [0.4, 0.5) is 11.5 Å². The summed E-state index contributed by atoms with van der Waals surface area (Å²) < 4.78 is 0. The SMILES string of the molecule is CNC(=O)C1CCCCN1c1nccc(C#N)c1N. The van der Waals surface area contributed by atoms with E-state index in [2.05, 4.69) is 10.3 Å². The average Bonchev–Trinajstić information content (AvgIpc) is 2.47. The summed E-state index contributed by atoms with van der Waals surface area (Å²) in [5.41, 5.74) is 6.71. The van der Waals surface area contributed by atoms with Crippen molar-refractivity contribution in [2.45, 2.75) is 25.3 Å². The van der Waals surface area contributed by atoms with Crippen LogP contribution in [0.25, 0.3) is 0 Å². The summed E-state index contributed by atoms with van der Waals surface area (Å²) in [5.74, 6) is 0.496. The van der Waals surface area contributed by atoms with Gasteiger partial charge in [-0.05, 0) is 25.3 Å². The second kappa shape index (κ2) is 5.57. The van der Waals surface area contributed by atoms with Crippen molar-refractivity contribution in [3.8, 4) is 6.07 Å². The lowest BCUT2D eigenvalue weighted by molar-refractivity contribution is -0.122. The Morgan fingerprint density at radius 2 is 2.42 bits per heavy atom. The largest absolute Gasteiger partial charge is 0.395 e. The predicted molar refractivity (Wildman–Crippen MR) is 72.4 cm³/mol. The fourth-order valence-corrected chi connectivity index (χ4v) is 2.41. The summed E-state index contributed by atoms with van der Waals surface area (Å²) in [7, 11) is 1.62. The van der Waals surface area contributed by atoms with E-state index in [1.165, 1.54) is 0 Å². The van der Waals surface area contributed by atoms with Crippen LogP contribution in [-0.2, 0) is 4.79 Å². The van der Waals surface area contributed by atoms with Gasteiger partial charge in [-0.25, -0.2) is 4.98 Å². The van der Waals surface area contributed by atoms with Crippen molar-refractivity contribution in [1.82, 2.24) is 10.3 Å². The Labute approximate surface area is 112 Å². The molecule has 6 heteroatoms. The number of pyridine rings is 1. The maximum atomic E-state index is 11.9. The molecule has 100 valence electrons. The molecule has 1 atom stereocenters. The molecule has 19 heavy (non-hydrogen) atoms. The summed E-state index contributed by atoms with van der Waals surface area (Å²) in [6.45, 7) is 0.726. The topological polar surface area (TPSA) is 95.0 Å². The maximum Gasteiger partial charge on any atom is 0.242 e. The minimum absolute atomic E-state index is 0.0386. The molecular formula is C13H17N5O. The summed E-state index contributed by atoms with van der Waals surface area (Å²) >= 11 is 0. The van der Waals surface area contributed by atoms with Crippen molar-refractivity contribution < 1.29 is 4.79 Å². The second-order valence-corrected chi connectivity index (χ2v) is 4.53. The molecule has 1 aliphatic heterocycles. The molecule has 1 aliphatic rings. The first-order valence-corrected chi connectivity index (χ1v) is 6.32. The Hall–Kier alpha value is -2.29. The number of anilines is 2. The van der Waals surface area contributed by atoms with Crippen molar-refractivity contribution in [3.63, 3.8) is 0 Å². The first-order valence-electron chi connectivity index (χ1n) is 6.32. The van der Waals surface area contributed by atoms with Crippen LogP contribution in [0.1, 0.15) is 24.8 Å². The van der Waals surface area contributed by atoms with Gasteiger partial charge in [0, 0.05) is 19.8 Å². The number of piperidine rings is 1. The number of aromatic nitrogens is 1. The van der Waals surface area contributed by atoms with Crippen molar-refractivity contribution in [2.75, 3.05) is 24.2 Å². The number of likely N-dealkylation sites (N-methyl/N-ethyl adjacent to an activating group) is 1. The second-order valence-electron chi connectivity index (χ2n) is 4.53. The molecule has 0 bridgehead atoms. The molecule has 3 N–H and O–H groups in total. The van der Waals surface area contributed by atoms with E-state index in [9.17, 15) is 4.79 Å². The monoisotopic (exact) mass is 259 g/mol. The molecule has 2 heterocycles. The lowest BCUT2D eigenvalue weighted by Gasteiger charge is -2.35. The number of hydrogen-bond donors (Lipinski definition) is 2. The predicted octanol–water partition coefficient (Wildman–Crippen LogP) is 0.640. The minimum Gasteiger partial charge on any atom is -0.395 e. The highest BCUT2D eigenvalue weighted by atomic mass is 16.2. The Morgan fingerprint density at radius 1 is 1.63 bits per heavy atom. The van der Waals surface area contributed by atoms with Crippen LogP contribution in [0, 0.1) is 11.3 Å². The van der Waals surface area contributed by atoms with E-state index < -0.39 is 0 Å². The smallest absolute Gasteiger partial charge is 0.242 e. The van der Waals surface area contributed by atoms with Crippen LogP contribution in [-0.4, -0.2) is 30.5 Å². The Bertz CT molecular complexity index is 522. The number of nitrogens with zero attached hydrogens (tertiary/aromatic N) is 3. The third kappa shape index (κ3) is 2.45. The number of nitriles is 1. The van der Waals surface area contributed by atoms with E-state index in [1.54, 1.807) is 19.3 Å². The summed E-state index contributed by atoms with van der Waals surface area (Å²) in [6, 6.07) is 3.36. The molecule has 1 amide bonds. The highest BCUT2D eigenvalue weighted by Gasteiger charge is 2.30. The molecule has 1 aromatic rings. The van der Waals surface area contributed by atoms with Crippen molar-refractivity contribution >= 4 is 17.4 Å². The van der Waals surface area contributed by atoms with Crippen LogP contribution in [0.5, 0.6) is 0 Å². The molecule has 1 aromatic heterocycles. The molecule has 0 radical (unpaired) electrons. The zero-order chi connectivity index (χ0) is 13.8. The number of rotatable bonds is 2. The zero-order valence-electron chi connectivity index (χ0n) is 10.9. The lowest BCUT2D eigenvalue weighted by Crippen LogP contribution is -2.49. The molecule has 0 spiro atoms. The van der Waals surface area contributed by atoms with Gasteiger partial charge in [-0.2, -0.15) is 5.26 Å². The van der Waals surface area contributed by atoms with Gasteiger partial charge in [0.05, 0.1) is 11.3 Å². The molecule has 6 nitrogen and oxygen atoms in total. The van der Waals surface area contributed by atoms with E-state index in [4.69, 9.17) is 11.0 Å². The number of carbonyl (C=O) groups excluding carboxylic acids is 1. The van der Waals surface area contributed by atoms with Crippen LogP contribution in [0.3, 0.4) is 0 Å². The van der Waals surface area contributed by atoms with Crippen molar-refractivity contribution in [1.29, 1.82) is 5.26 Å². The van der Waals surface area contributed by atoms with E-state index in [0.29, 0.717) is 17.1 Å². The number of nitrogen functional groups attached to an aromatic ring is 1. The molecule has 1 unspecified atom stereocenters. The van der Waals surface area contributed by atoms with Crippen molar-refractivity contribution in [3.05, 3.63) is 17.8 Å². The van der Waals surface area contributed by atoms with Gasteiger partial charge >= 0.3 is 0 Å². The molecule has 0 aromatic carbocycles. The van der Waals surface area contributed by atoms with E-state index in [-0.39, 0.29) is 11.9 Å². The van der Waals surface area contributed by atoms with Gasteiger partial charge in [-0.3, -0.25) is 4.79 Å². The molecule has 1 fully saturated rings. The van der Waals surface area contributed by atoms with E-state index in [0.717, 1.165) is 25.8 Å². The maximum absolute atomic E-state index is 11.9. The zero-order valence-corrected chi connectivity index (χ0v) is 10.9. The van der Waals surface area contributed by atoms with E-state index in [1.807, 2.05) is 11.0 Å². The highest BCUT2D eigenvalue weighted by Crippen LogP contribution is 2.29. The van der Waals surface area contributed by atoms with E-state index >= 15 is 0 Å². The van der Waals surface area contributed by atoms with Crippen LogP contribution in [0.2, 0.25) is 0 Å². The lowest BCUT2D eigenvalue weighted by atomic mass is 10.0. The van der Waals surface area contributed by atoms with Gasteiger partial charge in [0.15, 0.2) is 5.82 Å². The van der Waals surface area contributed by atoms with Crippen LogP contribution < -0.4 is 16.0 Å². The Kier molecular flexibility index (Phi) is 3.85. The van der Waals surface area contributed by atoms with Gasteiger partial charge < -0.3 is 16.0 Å². The minimum atomic E-state index is -0.262. The fraction of sp³-hybridized carbons (Fsp3) is 0.462. The third-order valence-corrected chi connectivity index (χ3v) is 3.41. The quantitative estimate of drug-likeness (QED) is 0.812. The summed E-state index contributed by atoms with van der Waals surface area (Å²) in [6.07, 6.45) is 4.33. The van der Waals surface area contributed by atoms with Gasteiger partial charge in [-0.15, -0.1) is 0 Å². The van der Waals surface area contributed by atoms with Gasteiger partial charge in [0.25, 0.3) is 0 Å². The summed E-state index contributed by atoms with van der Waals surface area (Å²) in [4.78, 5) is 18.1. The fourth-order valence-electron chi connectivity index (χ4n) is 2.41. The Morgan fingerprint density at radius 3 is 3.11 bits per heavy atom. The third-order valence-electron chi connectivity index (χ3n) is 3.41. The Balaban J connectivity index is 2.38. The normalized spacial score (nSPS) is 18.7. The van der Waals surface area contributed by atoms with Gasteiger partial charge in [0.2, 0.25) is 5.91 Å². The molecule has 0 saturated carbocycles. The highest BCUT2D eigenvalue weighted by molar-refractivity contribution is 5.86. The molecule has 0 aliphatic carbocycles. The molecule has 2 rings (SSSR count). The number of hydrogen-bond acceptors (Lipinski definition) is 5. The number of carbonyl (C=O) groups is 1. The van der Waals surface area contributed by atoms with Crippen molar-refractivity contribution in [2.24, 2.45) is 0 Å². The number of amides is 1. The first kappa shape index (κ1) is 13.1. The van der Waals surface area contributed by atoms with Gasteiger partial charge in [0.1, 0.15) is 12.1 Å². The average molecular weight is 259 g/mol. The number of nitrogens with two attached hydrogens (primary N) is 1.